The lowest BCUT2D eigenvalue weighted by Crippen LogP contribution is -2.22. The first-order valence-corrected chi connectivity index (χ1v) is 7.87. The fourth-order valence-corrected chi connectivity index (χ4v) is 3.00. The Morgan fingerprint density at radius 2 is 2.20 bits per heavy atom. The van der Waals surface area contributed by atoms with Crippen LogP contribution in [-0.4, -0.2) is 16.1 Å². The minimum absolute atomic E-state index is 0.353. The van der Waals surface area contributed by atoms with Gasteiger partial charge < -0.3 is 9.88 Å². The first-order chi connectivity index (χ1) is 9.63. The van der Waals surface area contributed by atoms with Crippen molar-refractivity contribution >= 4 is 15.9 Å². The van der Waals surface area contributed by atoms with E-state index in [1.165, 1.54) is 15.6 Å². The molecule has 0 saturated heterocycles. The van der Waals surface area contributed by atoms with Crippen LogP contribution < -0.4 is 5.32 Å². The molecular formula is C16H22BrN3. The van der Waals surface area contributed by atoms with Crippen LogP contribution in [0.25, 0.3) is 0 Å². The van der Waals surface area contributed by atoms with Gasteiger partial charge in [0.25, 0.3) is 0 Å². The van der Waals surface area contributed by atoms with Gasteiger partial charge >= 0.3 is 0 Å². The molecule has 0 aliphatic heterocycles. The average molecular weight is 336 g/mol. The third-order valence-corrected chi connectivity index (χ3v) is 4.71. The number of halogens is 1. The van der Waals surface area contributed by atoms with Crippen LogP contribution in [-0.2, 0) is 13.5 Å². The zero-order valence-corrected chi connectivity index (χ0v) is 13.9. The fraction of sp³-hybridized carbons (Fsp3) is 0.438. The van der Waals surface area contributed by atoms with Gasteiger partial charge in [-0.3, -0.25) is 0 Å². The Morgan fingerprint density at radius 1 is 1.40 bits per heavy atom. The van der Waals surface area contributed by atoms with Crippen LogP contribution in [0.3, 0.4) is 0 Å². The summed E-state index contributed by atoms with van der Waals surface area (Å²) in [6.45, 7) is 5.25. The van der Waals surface area contributed by atoms with E-state index in [2.05, 4.69) is 62.8 Å². The summed E-state index contributed by atoms with van der Waals surface area (Å²) < 4.78 is 3.31. The summed E-state index contributed by atoms with van der Waals surface area (Å²) in [5.74, 6) is 1.14. The van der Waals surface area contributed by atoms with Gasteiger partial charge in [-0.1, -0.05) is 41.1 Å². The number of aromatic nitrogens is 2. The molecule has 0 aliphatic rings. The molecule has 1 N–H and O–H groups in total. The molecule has 0 bridgehead atoms. The van der Waals surface area contributed by atoms with Gasteiger partial charge in [0.15, 0.2) is 0 Å². The average Bonchev–Trinajstić information content (AvgIpc) is 2.84. The number of hydrogen-bond acceptors (Lipinski definition) is 2. The first kappa shape index (κ1) is 15.3. The molecule has 1 unspecified atom stereocenters. The van der Waals surface area contributed by atoms with E-state index in [0.717, 1.165) is 25.2 Å². The molecule has 1 aromatic carbocycles. The Balaban J connectivity index is 2.14. The van der Waals surface area contributed by atoms with Crippen molar-refractivity contribution in [2.75, 3.05) is 6.54 Å². The summed E-state index contributed by atoms with van der Waals surface area (Å²) in [5.41, 5.74) is 2.61. The van der Waals surface area contributed by atoms with Crippen LogP contribution in [0.15, 0.2) is 35.1 Å². The minimum atomic E-state index is 0.353. The van der Waals surface area contributed by atoms with Gasteiger partial charge in [-0.15, -0.1) is 0 Å². The van der Waals surface area contributed by atoms with Crippen molar-refractivity contribution in [1.29, 1.82) is 0 Å². The van der Waals surface area contributed by atoms with Crippen molar-refractivity contribution in [2.45, 2.75) is 32.7 Å². The second-order valence-corrected chi connectivity index (χ2v) is 5.87. The van der Waals surface area contributed by atoms with Gasteiger partial charge in [-0.25, -0.2) is 4.98 Å². The summed E-state index contributed by atoms with van der Waals surface area (Å²) >= 11 is 3.72. The second-order valence-electron chi connectivity index (χ2n) is 5.08. The van der Waals surface area contributed by atoms with Crippen LogP contribution >= 0.6 is 15.9 Å². The molecule has 1 atom stereocenters. The molecule has 0 fully saturated rings. The van der Waals surface area contributed by atoms with E-state index < -0.39 is 0 Å². The number of benzene rings is 1. The van der Waals surface area contributed by atoms with Crippen molar-refractivity contribution in [1.82, 2.24) is 14.9 Å². The first-order valence-electron chi connectivity index (χ1n) is 7.08. The number of rotatable bonds is 6. The monoisotopic (exact) mass is 335 g/mol. The van der Waals surface area contributed by atoms with E-state index in [0.29, 0.717) is 6.04 Å². The normalized spacial score (nSPS) is 12.6. The molecule has 1 heterocycles. The highest BCUT2D eigenvalue weighted by Gasteiger charge is 2.15. The number of imidazole rings is 1. The Labute approximate surface area is 129 Å². The van der Waals surface area contributed by atoms with Crippen molar-refractivity contribution < 1.29 is 0 Å². The van der Waals surface area contributed by atoms with E-state index in [1.54, 1.807) is 0 Å². The number of aryl methyl sites for hydroxylation is 3. The lowest BCUT2D eigenvalue weighted by molar-refractivity contribution is 0.504. The van der Waals surface area contributed by atoms with E-state index in [4.69, 9.17) is 0 Å². The van der Waals surface area contributed by atoms with Crippen LogP contribution in [0.1, 0.15) is 36.3 Å². The molecule has 0 radical (unpaired) electrons. The SMILES string of the molecule is CCNC(CCc1nccn1C)c1cccc(C)c1Br. The summed E-state index contributed by atoms with van der Waals surface area (Å²) in [6, 6.07) is 6.81. The summed E-state index contributed by atoms with van der Waals surface area (Å²) in [4.78, 5) is 4.40. The van der Waals surface area contributed by atoms with Crippen LogP contribution in [0.2, 0.25) is 0 Å². The highest BCUT2D eigenvalue weighted by molar-refractivity contribution is 9.10. The summed E-state index contributed by atoms with van der Waals surface area (Å²) in [6.07, 6.45) is 5.88. The Kier molecular flexibility index (Phi) is 5.38. The quantitative estimate of drug-likeness (QED) is 0.870. The third-order valence-electron chi connectivity index (χ3n) is 3.63. The van der Waals surface area contributed by atoms with Gasteiger partial charge in [0.05, 0.1) is 0 Å². The van der Waals surface area contributed by atoms with Gasteiger partial charge in [-0.05, 0) is 31.0 Å². The van der Waals surface area contributed by atoms with Crippen LogP contribution in [0.5, 0.6) is 0 Å². The fourth-order valence-electron chi connectivity index (χ4n) is 2.46. The third kappa shape index (κ3) is 3.49. The zero-order valence-electron chi connectivity index (χ0n) is 12.4. The standard InChI is InChI=1S/C16H22BrN3/c1-4-18-14(8-9-15-19-10-11-20(15)3)13-7-5-6-12(2)16(13)17/h5-7,10-11,14,18H,4,8-9H2,1-3H3. The molecule has 1 aromatic heterocycles. The number of hydrogen-bond donors (Lipinski definition) is 1. The molecule has 108 valence electrons. The lowest BCUT2D eigenvalue weighted by atomic mass is 10.00. The van der Waals surface area contributed by atoms with Crippen molar-refractivity contribution in [3.8, 4) is 0 Å². The van der Waals surface area contributed by atoms with Gasteiger partial charge in [0, 0.05) is 36.4 Å². The lowest BCUT2D eigenvalue weighted by Gasteiger charge is -2.20. The largest absolute Gasteiger partial charge is 0.338 e. The van der Waals surface area contributed by atoms with Gasteiger partial charge in [-0.2, -0.15) is 0 Å². The van der Waals surface area contributed by atoms with E-state index in [9.17, 15) is 0 Å². The summed E-state index contributed by atoms with van der Waals surface area (Å²) in [5, 5.41) is 3.58. The molecule has 4 heteroatoms. The number of nitrogens with zero attached hydrogens (tertiary/aromatic N) is 2. The highest BCUT2D eigenvalue weighted by Crippen LogP contribution is 2.29. The highest BCUT2D eigenvalue weighted by atomic mass is 79.9. The van der Waals surface area contributed by atoms with Crippen molar-refractivity contribution in [3.05, 3.63) is 52.0 Å². The maximum atomic E-state index is 4.40. The molecule has 0 spiro atoms. The smallest absolute Gasteiger partial charge is 0.108 e. The van der Waals surface area contributed by atoms with Crippen molar-refractivity contribution in [3.63, 3.8) is 0 Å². The molecule has 0 amide bonds. The van der Waals surface area contributed by atoms with Crippen LogP contribution in [0, 0.1) is 6.92 Å². The Hall–Kier alpha value is -1.13. The summed E-state index contributed by atoms with van der Waals surface area (Å²) in [7, 11) is 2.05. The molecule has 3 nitrogen and oxygen atoms in total. The second kappa shape index (κ2) is 7.04. The molecule has 20 heavy (non-hydrogen) atoms. The van der Waals surface area contributed by atoms with E-state index in [1.807, 2.05) is 19.4 Å². The molecular weight excluding hydrogens is 314 g/mol. The Morgan fingerprint density at radius 3 is 2.85 bits per heavy atom. The molecule has 2 aromatic rings. The van der Waals surface area contributed by atoms with Crippen molar-refractivity contribution in [2.24, 2.45) is 7.05 Å². The van der Waals surface area contributed by atoms with E-state index in [-0.39, 0.29) is 0 Å². The van der Waals surface area contributed by atoms with Gasteiger partial charge in [0.1, 0.15) is 5.82 Å². The molecule has 0 aliphatic carbocycles. The van der Waals surface area contributed by atoms with Gasteiger partial charge in [0.2, 0.25) is 0 Å². The molecule has 2 rings (SSSR count). The minimum Gasteiger partial charge on any atom is -0.338 e. The topological polar surface area (TPSA) is 29.9 Å². The number of nitrogens with one attached hydrogen (secondary N) is 1. The van der Waals surface area contributed by atoms with Crippen LogP contribution in [0.4, 0.5) is 0 Å². The maximum absolute atomic E-state index is 4.40. The molecule has 0 saturated carbocycles. The zero-order chi connectivity index (χ0) is 14.5. The predicted octanol–water partition coefficient (Wildman–Crippen LogP) is 3.77. The maximum Gasteiger partial charge on any atom is 0.108 e. The Bertz CT molecular complexity index is 563. The van der Waals surface area contributed by atoms with E-state index >= 15 is 0 Å². The predicted molar refractivity (Wildman–Crippen MR) is 86.8 cm³/mol.